The van der Waals surface area contributed by atoms with Gasteiger partial charge in [-0.3, -0.25) is 9.59 Å². The van der Waals surface area contributed by atoms with Crippen molar-refractivity contribution in [2.45, 2.75) is 76.8 Å². The van der Waals surface area contributed by atoms with E-state index in [1.165, 1.54) is 19.3 Å². The highest BCUT2D eigenvalue weighted by Crippen LogP contribution is 2.38. The Balaban J connectivity index is 1.74. The zero-order valence-electron chi connectivity index (χ0n) is 13.1. The van der Waals surface area contributed by atoms with Crippen molar-refractivity contribution in [1.82, 2.24) is 10.2 Å². The van der Waals surface area contributed by atoms with Crippen LogP contribution < -0.4 is 5.32 Å². The summed E-state index contributed by atoms with van der Waals surface area (Å²) in [5, 5.41) is 3.08. The molecule has 2 atom stereocenters. The van der Waals surface area contributed by atoms with E-state index in [4.69, 9.17) is 0 Å². The standard InChI is InChI=1S/C17H28N2O2/c1-2-3-11-19-15(13-9-10-13)16(20)18-14(17(19)21)12-7-5-4-6-8-12/h12-15H,2-11H2,1H3,(H,18,20). The Labute approximate surface area is 127 Å². The van der Waals surface area contributed by atoms with E-state index in [1.807, 2.05) is 4.90 Å². The average Bonchev–Trinajstić information content (AvgIpc) is 3.33. The van der Waals surface area contributed by atoms with Crippen LogP contribution in [0.1, 0.15) is 64.7 Å². The zero-order chi connectivity index (χ0) is 14.8. The maximum absolute atomic E-state index is 12.9. The third-order valence-electron chi connectivity index (χ3n) is 5.39. The van der Waals surface area contributed by atoms with Gasteiger partial charge in [-0.2, -0.15) is 0 Å². The summed E-state index contributed by atoms with van der Waals surface area (Å²) in [5.74, 6) is 1.09. The number of amides is 2. The second kappa shape index (κ2) is 6.37. The first-order valence-electron chi connectivity index (χ1n) is 8.83. The molecule has 0 aromatic heterocycles. The Morgan fingerprint density at radius 2 is 1.76 bits per heavy atom. The quantitative estimate of drug-likeness (QED) is 0.846. The summed E-state index contributed by atoms with van der Waals surface area (Å²) in [6, 6.07) is -0.423. The lowest BCUT2D eigenvalue weighted by Crippen LogP contribution is -2.66. The molecule has 1 saturated heterocycles. The first-order valence-corrected chi connectivity index (χ1v) is 8.83. The Morgan fingerprint density at radius 1 is 1.05 bits per heavy atom. The molecule has 0 bridgehead atoms. The number of piperazine rings is 1. The van der Waals surface area contributed by atoms with Crippen LogP contribution in [0.2, 0.25) is 0 Å². The highest BCUT2D eigenvalue weighted by atomic mass is 16.2. The number of carbonyl (C=O) groups excluding carboxylic acids is 2. The first kappa shape index (κ1) is 14.9. The van der Waals surface area contributed by atoms with Crippen molar-refractivity contribution >= 4 is 11.8 Å². The molecule has 3 fully saturated rings. The van der Waals surface area contributed by atoms with Gasteiger partial charge < -0.3 is 10.2 Å². The second-order valence-electron chi connectivity index (χ2n) is 7.05. The molecule has 4 heteroatoms. The van der Waals surface area contributed by atoms with Crippen LogP contribution in [0.15, 0.2) is 0 Å². The molecule has 1 N–H and O–H groups in total. The fourth-order valence-corrected chi connectivity index (χ4v) is 4.00. The Bertz CT molecular complexity index is 400. The highest BCUT2D eigenvalue weighted by Gasteiger charge is 2.49. The minimum atomic E-state index is -0.246. The third kappa shape index (κ3) is 3.09. The molecule has 2 aliphatic carbocycles. The number of nitrogens with zero attached hydrogens (tertiary/aromatic N) is 1. The largest absolute Gasteiger partial charge is 0.342 e. The van der Waals surface area contributed by atoms with Gasteiger partial charge in [-0.25, -0.2) is 0 Å². The van der Waals surface area contributed by atoms with Gasteiger partial charge in [0.05, 0.1) is 0 Å². The monoisotopic (exact) mass is 292 g/mol. The predicted octanol–water partition coefficient (Wildman–Crippen LogP) is 2.47. The molecule has 2 amide bonds. The topological polar surface area (TPSA) is 49.4 Å². The summed E-state index contributed by atoms with van der Waals surface area (Å²) in [7, 11) is 0. The SMILES string of the molecule is CCCCN1C(=O)C(C2CCCCC2)NC(=O)C1C1CC1. The number of rotatable bonds is 5. The zero-order valence-corrected chi connectivity index (χ0v) is 13.1. The van der Waals surface area contributed by atoms with Crippen molar-refractivity contribution in [3.8, 4) is 0 Å². The van der Waals surface area contributed by atoms with Crippen LogP contribution in [0.25, 0.3) is 0 Å². The van der Waals surface area contributed by atoms with Crippen molar-refractivity contribution in [3.63, 3.8) is 0 Å². The van der Waals surface area contributed by atoms with Crippen molar-refractivity contribution in [1.29, 1.82) is 0 Å². The van der Waals surface area contributed by atoms with Gasteiger partial charge in [-0.05, 0) is 43.9 Å². The molecule has 0 aromatic rings. The van der Waals surface area contributed by atoms with Gasteiger partial charge >= 0.3 is 0 Å². The average molecular weight is 292 g/mol. The number of hydrogen-bond acceptors (Lipinski definition) is 2. The summed E-state index contributed by atoms with van der Waals surface area (Å²) in [6.07, 6.45) is 10.1. The van der Waals surface area contributed by atoms with E-state index in [0.717, 1.165) is 45.1 Å². The van der Waals surface area contributed by atoms with Crippen LogP contribution in [-0.4, -0.2) is 35.3 Å². The van der Waals surface area contributed by atoms with Gasteiger partial charge in [0.2, 0.25) is 11.8 Å². The summed E-state index contributed by atoms with van der Waals surface area (Å²) in [6.45, 7) is 2.90. The number of carbonyl (C=O) groups is 2. The van der Waals surface area contributed by atoms with Gasteiger partial charge in [0, 0.05) is 6.54 Å². The van der Waals surface area contributed by atoms with E-state index in [1.54, 1.807) is 0 Å². The Hall–Kier alpha value is -1.06. The Kier molecular flexibility index (Phi) is 4.51. The summed E-state index contributed by atoms with van der Waals surface area (Å²) >= 11 is 0. The van der Waals surface area contributed by atoms with E-state index in [9.17, 15) is 9.59 Å². The molecule has 4 nitrogen and oxygen atoms in total. The lowest BCUT2D eigenvalue weighted by Gasteiger charge is -2.42. The van der Waals surface area contributed by atoms with E-state index >= 15 is 0 Å². The summed E-state index contributed by atoms with van der Waals surface area (Å²) in [5.41, 5.74) is 0. The van der Waals surface area contributed by atoms with E-state index in [0.29, 0.717) is 11.8 Å². The van der Waals surface area contributed by atoms with Crippen LogP contribution in [0.3, 0.4) is 0 Å². The molecule has 2 unspecified atom stereocenters. The van der Waals surface area contributed by atoms with Crippen LogP contribution in [-0.2, 0) is 9.59 Å². The van der Waals surface area contributed by atoms with Crippen molar-refractivity contribution < 1.29 is 9.59 Å². The normalized spacial score (nSPS) is 31.4. The van der Waals surface area contributed by atoms with E-state index in [-0.39, 0.29) is 23.9 Å². The molecule has 21 heavy (non-hydrogen) atoms. The van der Waals surface area contributed by atoms with E-state index < -0.39 is 0 Å². The molecular weight excluding hydrogens is 264 g/mol. The highest BCUT2D eigenvalue weighted by molar-refractivity contribution is 5.97. The van der Waals surface area contributed by atoms with Crippen molar-refractivity contribution in [2.75, 3.05) is 6.54 Å². The van der Waals surface area contributed by atoms with E-state index in [2.05, 4.69) is 12.2 Å². The first-order chi connectivity index (χ1) is 10.2. The summed E-state index contributed by atoms with van der Waals surface area (Å²) in [4.78, 5) is 27.4. The van der Waals surface area contributed by atoms with Gasteiger partial charge in [0.1, 0.15) is 12.1 Å². The molecule has 118 valence electrons. The van der Waals surface area contributed by atoms with Crippen molar-refractivity contribution in [3.05, 3.63) is 0 Å². The molecule has 3 aliphatic rings. The number of nitrogens with one attached hydrogen (secondary N) is 1. The summed E-state index contributed by atoms with van der Waals surface area (Å²) < 4.78 is 0. The molecular formula is C17H28N2O2. The molecule has 1 heterocycles. The molecule has 0 spiro atoms. The minimum absolute atomic E-state index is 0.115. The maximum Gasteiger partial charge on any atom is 0.246 e. The molecule has 1 aliphatic heterocycles. The second-order valence-corrected chi connectivity index (χ2v) is 7.05. The fraction of sp³-hybridized carbons (Fsp3) is 0.882. The van der Waals surface area contributed by atoms with Gasteiger partial charge in [-0.1, -0.05) is 32.6 Å². The Morgan fingerprint density at radius 3 is 2.38 bits per heavy atom. The van der Waals surface area contributed by atoms with Crippen LogP contribution in [0.5, 0.6) is 0 Å². The molecule has 0 radical (unpaired) electrons. The number of unbranched alkanes of at least 4 members (excludes halogenated alkanes) is 1. The lowest BCUT2D eigenvalue weighted by atomic mass is 9.82. The maximum atomic E-state index is 12.9. The van der Waals surface area contributed by atoms with Crippen molar-refractivity contribution in [2.24, 2.45) is 11.8 Å². The smallest absolute Gasteiger partial charge is 0.246 e. The van der Waals surface area contributed by atoms with Gasteiger partial charge in [0.25, 0.3) is 0 Å². The van der Waals surface area contributed by atoms with Crippen LogP contribution in [0.4, 0.5) is 0 Å². The minimum Gasteiger partial charge on any atom is -0.342 e. The molecule has 0 aromatic carbocycles. The molecule has 3 rings (SSSR count). The number of hydrogen-bond donors (Lipinski definition) is 1. The third-order valence-corrected chi connectivity index (χ3v) is 5.39. The molecule has 2 saturated carbocycles. The predicted molar refractivity (Wildman–Crippen MR) is 81.6 cm³/mol. The fourth-order valence-electron chi connectivity index (χ4n) is 4.00. The lowest BCUT2D eigenvalue weighted by molar-refractivity contribution is -0.152. The van der Waals surface area contributed by atoms with Crippen LogP contribution in [0, 0.1) is 11.8 Å². The van der Waals surface area contributed by atoms with Gasteiger partial charge in [0.15, 0.2) is 0 Å². The van der Waals surface area contributed by atoms with Crippen LogP contribution >= 0.6 is 0 Å². The van der Waals surface area contributed by atoms with Gasteiger partial charge in [-0.15, -0.1) is 0 Å².